The van der Waals surface area contributed by atoms with Crippen LogP contribution in [-0.4, -0.2) is 43.2 Å². The van der Waals surface area contributed by atoms with Crippen molar-refractivity contribution in [2.45, 2.75) is 63.9 Å². The minimum Gasteiger partial charge on any atom is -0.388 e. The maximum Gasteiger partial charge on any atom is 0.0836 e. The van der Waals surface area contributed by atoms with Crippen molar-refractivity contribution in [1.82, 2.24) is 0 Å². The minimum absolute atomic E-state index is 0.136. The van der Waals surface area contributed by atoms with Crippen LogP contribution in [0.2, 0.25) is 23.2 Å². The van der Waals surface area contributed by atoms with E-state index in [-0.39, 0.29) is 16.2 Å². The summed E-state index contributed by atoms with van der Waals surface area (Å²) in [5, 5.41) is 12.5. The van der Waals surface area contributed by atoms with Crippen LogP contribution in [0.3, 0.4) is 0 Å². The summed E-state index contributed by atoms with van der Waals surface area (Å²) in [6.45, 7) is 17.3. The molecule has 1 aliphatic carbocycles. The highest BCUT2D eigenvalue weighted by Crippen LogP contribution is 2.57. The number of aliphatic hydroxyl groups excluding tert-OH is 1. The van der Waals surface area contributed by atoms with Gasteiger partial charge < -0.3 is 9.84 Å². The molecule has 0 fully saturated rings. The van der Waals surface area contributed by atoms with E-state index in [1.807, 2.05) is 19.9 Å². The van der Waals surface area contributed by atoms with Crippen molar-refractivity contribution in [2.24, 2.45) is 0 Å². The van der Waals surface area contributed by atoms with Crippen molar-refractivity contribution in [2.75, 3.05) is 23.9 Å². The molecule has 0 aromatic heterocycles. The molecule has 0 amide bonds. The van der Waals surface area contributed by atoms with E-state index < -0.39 is 8.07 Å². The van der Waals surface area contributed by atoms with E-state index in [9.17, 15) is 5.11 Å². The average molecular weight is 470 g/mol. The monoisotopic (exact) mass is 468 g/mol. The van der Waals surface area contributed by atoms with Crippen molar-refractivity contribution in [3.63, 3.8) is 0 Å². The highest BCUT2D eigenvalue weighted by molar-refractivity contribution is 9.09. The Morgan fingerprint density at radius 1 is 1.22 bits per heavy atom. The molecule has 1 aliphatic rings. The summed E-state index contributed by atoms with van der Waals surface area (Å²) < 4.78 is 4.83. The molecule has 2 nitrogen and oxygen atoms in total. The first-order valence-electron chi connectivity index (χ1n) is 8.31. The summed E-state index contributed by atoms with van der Waals surface area (Å²) in [6, 6.07) is 0. The smallest absolute Gasteiger partial charge is 0.0836 e. The van der Waals surface area contributed by atoms with E-state index in [4.69, 9.17) is 4.74 Å². The van der Waals surface area contributed by atoms with Gasteiger partial charge in [0.1, 0.15) is 0 Å². The van der Waals surface area contributed by atoms with Gasteiger partial charge in [0.05, 0.1) is 14.2 Å². The summed E-state index contributed by atoms with van der Waals surface area (Å²) in [5.41, 5.74) is 1.08. The average Bonchev–Trinajstić information content (AvgIpc) is 2.48. The fourth-order valence-corrected chi connectivity index (χ4v) is 8.91. The van der Waals surface area contributed by atoms with E-state index >= 15 is 0 Å². The fourth-order valence-electron chi connectivity index (χ4n) is 2.71. The van der Waals surface area contributed by atoms with Crippen LogP contribution in [0.25, 0.3) is 0 Å². The number of alkyl halides is 2. The van der Waals surface area contributed by atoms with Gasteiger partial charge >= 0.3 is 0 Å². The Bertz CT molecular complexity index is 412. The van der Waals surface area contributed by atoms with Crippen molar-refractivity contribution in [1.29, 1.82) is 0 Å². The van der Waals surface area contributed by atoms with Crippen LogP contribution in [-0.2, 0) is 4.74 Å². The van der Waals surface area contributed by atoms with Crippen molar-refractivity contribution < 1.29 is 9.84 Å². The molecule has 0 saturated carbocycles. The topological polar surface area (TPSA) is 29.5 Å². The molecule has 0 saturated heterocycles. The molecular weight excluding hydrogens is 436 g/mol. The predicted octanol–water partition coefficient (Wildman–Crippen LogP) is 5.93. The molecule has 0 aliphatic heterocycles. The first-order valence-corrected chi connectivity index (χ1v) is 13.6. The van der Waals surface area contributed by atoms with Crippen LogP contribution in [0.4, 0.5) is 0 Å². The van der Waals surface area contributed by atoms with Gasteiger partial charge in [-0.25, -0.2) is 0 Å². The van der Waals surface area contributed by atoms with Gasteiger partial charge in [-0.05, 0) is 24.5 Å². The molecular formula is C18H34Br2O2Si. The molecule has 23 heavy (non-hydrogen) atoms. The number of hydrogen-bond donors (Lipinski definition) is 1. The van der Waals surface area contributed by atoms with Gasteiger partial charge in [-0.1, -0.05) is 84.0 Å². The Morgan fingerprint density at radius 3 is 2.04 bits per heavy atom. The van der Waals surface area contributed by atoms with Gasteiger partial charge in [-0.3, -0.25) is 0 Å². The second-order valence-electron chi connectivity index (χ2n) is 7.47. The molecule has 0 aromatic carbocycles. The highest BCUT2D eigenvalue weighted by Gasteiger charge is 2.55. The maximum absolute atomic E-state index is 10.8. The molecule has 0 spiro atoms. The highest BCUT2D eigenvalue weighted by atomic mass is 79.9. The lowest BCUT2D eigenvalue weighted by atomic mass is 9.92. The number of halogens is 2. The molecule has 5 heteroatoms. The van der Waals surface area contributed by atoms with E-state index in [1.54, 1.807) is 0 Å². The molecule has 1 N–H and O–H groups in total. The Hall–Kier alpha value is 0.577. The van der Waals surface area contributed by atoms with Crippen LogP contribution in [0.15, 0.2) is 23.8 Å². The molecule has 1 rings (SSSR count). The number of aliphatic hydroxyl groups is 1. The van der Waals surface area contributed by atoms with Crippen LogP contribution in [0.5, 0.6) is 0 Å². The maximum atomic E-state index is 10.8. The first-order chi connectivity index (χ1) is 10.6. The first kappa shape index (κ1) is 23.6. The summed E-state index contributed by atoms with van der Waals surface area (Å²) in [4.78, 5) is 0. The number of allylic oxidation sites excluding steroid dienone is 2. The van der Waals surface area contributed by atoms with Crippen LogP contribution < -0.4 is 0 Å². The summed E-state index contributed by atoms with van der Waals surface area (Å²) >= 11 is 7.16. The summed E-state index contributed by atoms with van der Waals surface area (Å²) in [6.07, 6.45) is 6.00. The van der Waals surface area contributed by atoms with Gasteiger partial charge in [0.2, 0.25) is 0 Å². The Labute approximate surface area is 161 Å². The van der Waals surface area contributed by atoms with Crippen molar-refractivity contribution in [3.05, 3.63) is 23.8 Å². The molecule has 0 bridgehead atoms. The minimum atomic E-state index is -1.72. The number of ether oxygens (including phenoxy) is 1. The van der Waals surface area contributed by atoms with Gasteiger partial charge in [-0.15, -0.1) is 0 Å². The second kappa shape index (κ2) is 9.90. The van der Waals surface area contributed by atoms with Crippen LogP contribution >= 0.6 is 31.9 Å². The Balaban J connectivity index is 0.000000841. The molecule has 2 unspecified atom stereocenters. The second-order valence-corrected chi connectivity index (χ2v) is 14.3. The zero-order valence-corrected chi connectivity index (χ0v) is 19.9. The Kier molecular flexibility index (Phi) is 10.2. The molecule has 2 atom stereocenters. The van der Waals surface area contributed by atoms with E-state index in [0.29, 0.717) is 0 Å². The van der Waals surface area contributed by atoms with Crippen LogP contribution in [0.1, 0.15) is 34.6 Å². The predicted molar refractivity (Wildman–Crippen MR) is 113 cm³/mol. The van der Waals surface area contributed by atoms with E-state index in [0.717, 1.165) is 29.4 Å². The van der Waals surface area contributed by atoms with Gasteiger partial charge in [0, 0.05) is 28.9 Å². The third-order valence-corrected chi connectivity index (χ3v) is 14.2. The SMILES string of the molecule is CC(C)(C)[Si](C)(C)C1(CBr)C=CC=C(CBr)C1O.CCOCC. The van der Waals surface area contributed by atoms with E-state index in [2.05, 4.69) is 77.9 Å². The largest absolute Gasteiger partial charge is 0.388 e. The normalized spacial score (nSPS) is 24.8. The zero-order valence-electron chi connectivity index (χ0n) is 15.7. The standard InChI is InChI=1S/C14H24Br2OSi.C4H10O/c1-13(2,3)18(4,5)14(10-16)8-6-7-11(9-15)12(14)17;1-3-5-4-2/h6-8,12,17H,9-10H2,1-5H3;3-4H2,1-2H3. The van der Waals surface area contributed by atoms with Gasteiger partial charge in [-0.2, -0.15) is 0 Å². The Morgan fingerprint density at radius 2 is 1.74 bits per heavy atom. The summed E-state index contributed by atoms with van der Waals surface area (Å²) in [5.74, 6) is 0. The van der Waals surface area contributed by atoms with Crippen molar-refractivity contribution >= 4 is 39.9 Å². The fraction of sp³-hybridized carbons (Fsp3) is 0.778. The molecule has 0 radical (unpaired) electrons. The van der Waals surface area contributed by atoms with Gasteiger partial charge in [0.25, 0.3) is 0 Å². The number of rotatable bonds is 5. The summed E-state index contributed by atoms with van der Waals surface area (Å²) in [7, 11) is -1.72. The quantitative estimate of drug-likeness (QED) is 0.399. The van der Waals surface area contributed by atoms with Gasteiger partial charge in [0.15, 0.2) is 0 Å². The lowest BCUT2D eigenvalue weighted by Crippen LogP contribution is -2.56. The molecule has 136 valence electrons. The molecule has 0 heterocycles. The molecule has 0 aromatic rings. The number of hydrogen-bond acceptors (Lipinski definition) is 2. The lowest BCUT2D eigenvalue weighted by molar-refractivity contribution is 0.162. The third kappa shape index (κ3) is 5.27. The van der Waals surface area contributed by atoms with Crippen LogP contribution in [0, 0.1) is 0 Å². The third-order valence-electron chi connectivity index (χ3n) is 5.37. The zero-order chi connectivity index (χ0) is 18.3. The lowest BCUT2D eigenvalue weighted by Gasteiger charge is -2.54. The van der Waals surface area contributed by atoms with E-state index in [1.165, 1.54) is 0 Å². The van der Waals surface area contributed by atoms with Crippen molar-refractivity contribution in [3.8, 4) is 0 Å².